The summed E-state index contributed by atoms with van der Waals surface area (Å²) in [7, 11) is -6.78. The van der Waals surface area contributed by atoms with Crippen molar-refractivity contribution >= 4 is 31.8 Å². The van der Waals surface area contributed by atoms with Gasteiger partial charge in [-0.25, -0.2) is 13.1 Å². The highest BCUT2D eigenvalue weighted by molar-refractivity contribution is 7.89. The number of benzene rings is 2. The normalized spacial score (nSPS) is 16.2. The van der Waals surface area contributed by atoms with Gasteiger partial charge in [0.05, 0.1) is 23.4 Å². The lowest BCUT2D eigenvalue weighted by Gasteiger charge is -2.26. The van der Waals surface area contributed by atoms with Gasteiger partial charge in [-0.2, -0.15) is 8.42 Å². The Morgan fingerprint density at radius 2 is 1.29 bits per heavy atom. The van der Waals surface area contributed by atoms with Gasteiger partial charge in [0, 0.05) is 32.7 Å². The molecule has 2 aromatic rings. The van der Waals surface area contributed by atoms with E-state index in [1.807, 2.05) is 12.1 Å². The smallest absolute Gasteiger partial charge is 0.394 e. The maximum atomic E-state index is 12.7. The minimum atomic E-state index is -4.67. The lowest BCUT2D eigenvalue weighted by molar-refractivity contribution is 0.381. The Bertz CT molecular complexity index is 1160. The summed E-state index contributed by atoms with van der Waals surface area (Å²) in [5, 5.41) is 11.0. The summed E-state index contributed by atoms with van der Waals surface area (Å²) < 4.78 is 64.8. The van der Waals surface area contributed by atoms with Crippen LogP contribution >= 0.6 is 0 Å². The zero-order chi connectivity index (χ0) is 25.6. The van der Waals surface area contributed by atoms with E-state index >= 15 is 0 Å². The summed E-state index contributed by atoms with van der Waals surface area (Å²) in [6.45, 7) is 3.81. The molecule has 0 aromatic heterocycles. The second-order valence-electron chi connectivity index (χ2n) is 8.32. The summed E-state index contributed by atoms with van der Waals surface area (Å²) in [5.74, 6) is 0.915. The minimum Gasteiger partial charge on any atom is -0.504 e. The standard InChI is InChI=1S/C22H29N3O4S.H2O4S/c1-29-18-6-8-19(9-7-18)30(27,28)23-16-17-14-20(24-10-2-3-11-24)22(26)21(15-17)25-12-4-5-13-25;1-5(2,3)4/h6-9,14-15,23,26H,2-5,10-13,16H2,1H3;(H2,1,2,3,4). The molecule has 0 atom stereocenters. The molecule has 2 aliphatic heterocycles. The summed E-state index contributed by atoms with van der Waals surface area (Å²) >= 11 is 0. The van der Waals surface area contributed by atoms with Gasteiger partial charge < -0.3 is 19.6 Å². The monoisotopic (exact) mass is 529 g/mol. The van der Waals surface area contributed by atoms with Gasteiger partial charge in [0.25, 0.3) is 0 Å². The SMILES string of the molecule is COc1ccc(S(=O)(=O)NCc2cc(N3CCCC3)c(O)c(N3CCCC3)c2)cc1.O=S(=O)(O)O. The fourth-order valence-electron chi connectivity index (χ4n) is 4.18. The van der Waals surface area contributed by atoms with Gasteiger partial charge >= 0.3 is 10.4 Å². The molecule has 2 aliphatic rings. The lowest BCUT2D eigenvalue weighted by Crippen LogP contribution is -2.25. The molecule has 2 aromatic carbocycles. The number of ether oxygens (including phenoxy) is 1. The zero-order valence-corrected chi connectivity index (χ0v) is 21.1. The van der Waals surface area contributed by atoms with Crippen molar-refractivity contribution in [2.45, 2.75) is 37.1 Å². The van der Waals surface area contributed by atoms with Crippen LogP contribution in [0.5, 0.6) is 11.5 Å². The molecule has 2 heterocycles. The van der Waals surface area contributed by atoms with E-state index in [9.17, 15) is 13.5 Å². The Labute approximate surface area is 206 Å². The highest BCUT2D eigenvalue weighted by Crippen LogP contribution is 2.41. The second kappa shape index (κ2) is 11.4. The first-order valence-corrected chi connectivity index (χ1v) is 14.1. The van der Waals surface area contributed by atoms with Crippen molar-refractivity contribution in [3.8, 4) is 11.5 Å². The lowest BCUT2D eigenvalue weighted by atomic mass is 10.1. The van der Waals surface area contributed by atoms with Gasteiger partial charge in [-0.05, 0) is 67.6 Å². The number of methoxy groups -OCH3 is 1. The summed E-state index contributed by atoms with van der Waals surface area (Å²) in [6.07, 6.45) is 4.42. The molecule has 2 fully saturated rings. The summed E-state index contributed by atoms with van der Waals surface area (Å²) in [5.41, 5.74) is 2.44. The van der Waals surface area contributed by atoms with Crippen molar-refractivity contribution < 1.29 is 35.8 Å². The van der Waals surface area contributed by atoms with Gasteiger partial charge in [-0.3, -0.25) is 9.11 Å². The van der Waals surface area contributed by atoms with Crippen molar-refractivity contribution in [2.24, 2.45) is 0 Å². The Morgan fingerprint density at radius 1 is 0.857 bits per heavy atom. The third-order valence-electron chi connectivity index (χ3n) is 5.86. The van der Waals surface area contributed by atoms with Crippen LogP contribution in [-0.4, -0.2) is 64.3 Å². The number of hydrogen-bond acceptors (Lipinski definition) is 8. The predicted octanol–water partition coefficient (Wildman–Crippen LogP) is 2.43. The Morgan fingerprint density at radius 3 is 1.69 bits per heavy atom. The van der Waals surface area contributed by atoms with Crippen LogP contribution in [-0.2, 0) is 27.0 Å². The number of nitrogens with zero attached hydrogens (tertiary/aromatic N) is 2. The Kier molecular flexibility index (Phi) is 8.83. The van der Waals surface area contributed by atoms with Crippen molar-refractivity contribution in [1.29, 1.82) is 0 Å². The zero-order valence-electron chi connectivity index (χ0n) is 19.4. The molecule has 194 valence electrons. The molecule has 4 N–H and O–H groups in total. The summed E-state index contributed by atoms with van der Waals surface area (Å²) in [4.78, 5) is 4.58. The molecule has 0 bridgehead atoms. The minimum absolute atomic E-state index is 0.163. The van der Waals surface area contributed by atoms with Crippen molar-refractivity contribution in [1.82, 2.24) is 4.72 Å². The highest BCUT2D eigenvalue weighted by Gasteiger charge is 2.24. The largest absolute Gasteiger partial charge is 0.504 e. The van der Waals surface area contributed by atoms with Gasteiger partial charge in [-0.1, -0.05) is 0 Å². The van der Waals surface area contributed by atoms with Gasteiger partial charge in [0.1, 0.15) is 5.75 Å². The number of phenols is 1. The quantitative estimate of drug-likeness (QED) is 0.393. The second-order valence-corrected chi connectivity index (χ2v) is 11.0. The first-order chi connectivity index (χ1) is 16.5. The molecule has 0 aliphatic carbocycles. The molecule has 11 nitrogen and oxygen atoms in total. The van der Waals surface area contributed by atoms with E-state index in [1.165, 1.54) is 12.1 Å². The molecule has 0 amide bonds. The number of hydrogen-bond donors (Lipinski definition) is 4. The fourth-order valence-corrected chi connectivity index (χ4v) is 5.20. The van der Waals surface area contributed by atoms with E-state index in [1.54, 1.807) is 19.2 Å². The number of aromatic hydroxyl groups is 1. The number of anilines is 2. The first-order valence-electron chi connectivity index (χ1n) is 11.2. The van der Waals surface area contributed by atoms with Crippen LogP contribution in [0, 0.1) is 0 Å². The molecule has 13 heteroatoms. The average Bonchev–Trinajstić information content (AvgIpc) is 3.52. The van der Waals surface area contributed by atoms with Crippen LogP contribution in [0.25, 0.3) is 0 Å². The molecule has 0 saturated carbocycles. The number of phenolic OH excluding ortho intramolecular Hbond substituents is 1. The molecule has 35 heavy (non-hydrogen) atoms. The maximum Gasteiger partial charge on any atom is 0.394 e. The van der Waals surface area contributed by atoms with Crippen molar-refractivity contribution in [3.63, 3.8) is 0 Å². The number of nitrogens with one attached hydrogen (secondary N) is 1. The van der Waals surface area contributed by atoms with Crippen molar-refractivity contribution in [2.75, 3.05) is 43.1 Å². The number of sulfonamides is 1. The van der Waals surface area contributed by atoms with E-state index in [4.69, 9.17) is 22.3 Å². The summed E-state index contributed by atoms with van der Waals surface area (Å²) in [6, 6.07) is 10.2. The van der Waals surface area contributed by atoms with Gasteiger partial charge in [0.15, 0.2) is 5.75 Å². The number of rotatable bonds is 7. The van der Waals surface area contributed by atoms with E-state index in [-0.39, 0.29) is 11.4 Å². The molecule has 2 saturated heterocycles. The Balaban J connectivity index is 0.000000623. The van der Waals surface area contributed by atoms with Gasteiger partial charge in [0.2, 0.25) is 10.0 Å². The molecule has 0 unspecified atom stereocenters. The molecular formula is C22H31N3O8S2. The predicted molar refractivity (Wildman–Crippen MR) is 132 cm³/mol. The molecule has 0 radical (unpaired) electrons. The van der Waals surface area contributed by atoms with Crippen LogP contribution in [0.4, 0.5) is 11.4 Å². The molecule has 4 rings (SSSR count). The molecular weight excluding hydrogens is 498 g/mol. The molecule has 0 spiro atoms. The third-order valence-corrected chi connectivity index (χ3v) is 7.28. The van der Waals surface area contributed by atoms with E-state index < -0.39 is 20.4 Å². The van der Waals surface area contributed by atoms with Crippen LogP contribution in [0.2, 0.25) is 0 Å². The van der Waals surface area contributed by atoms with Crippen LogP contribution in [0.15, 0.2) is 41.3 Å². The van der Waals surface area contributed by atoms with Crippen LogP contribution in [0.1, 0.15) is 31.2 Å². The average molecular weight is 530 g/mol. The highest BCUT2D eigenvalue weighted by atomic mass is 32.3. The van der Waals surface area contributed by atoms with E-state index in [0.717, 1.165) is 68.8 Å². The maximum absolute atomic E-state index is 12.7. The van der Waals surface area contributed by atoms with Crippen LogP contribution < -0.4 is 19.3 Å². The van der Waals surface area contributed by atoms with E-state index in [2.05, 4.69) is 14.5 Å². The Hall–Kier alpha value is -2.58. The topological polar surface area (TPSA) is 157 Å². The first kappa shape index (κ1) is 27.0. The van der Waals surface area contributed by atoms with Gasteiger partial charge in [-0.15, -0.1) is 0 Å². The van der Waals surface area contributed by atoms with E-state index in [0.29, 0.717) is 11.5 Å². The van der Waals surface area contributed by atoms with Crippen molar-refractivity contribution in [3.05, 3.63) is 42.0 Å². The fraction of sp³-hybridized carbons (Fsp3) is 0.455. The van der Waals surface area contributed by atoms with Crippen LogP contribution in [0.3, 0.4) is 0 Å². The third kappa shape index (κ3) is 7.70.